The molecule has 0 bridgehead atoms. The minimum absolute atomic E-state index is 0.0751. The first-order valence-corrected chi connectivity index (χ1v) is 9.61. The number of thiazole rings is 1. The van der Waals surface area contributed by atoms with Crippen molar-refractivity contribution in [3.63, 3.8) is 0 Å². The molecule has 0 aliphatic carbocycles. The van der Waals surface area contributed by atoms with Gasteiger partial charge in [0.05, 0.1) is 10.7 Å². The van der Waals surface area contributed by atoms with Crippen molar-refractivity contribution in [2.45, 2.75) is 19.9 Å². The standard InChI is InChI=1S/C20H24N4OS/c1-15-23-19(14-26-15)17-11-18(22-12-17)20(25)21-9-6-10-24(2)13-16-7-4-3-5-8-16/h3-5,7-8,11-12,14,22H,6,9-10,13H2,1-2H3,(H,21,25). The number of amides is 1. The molecule has 26 heavy (non-hydrogen) atoms. The zero-order valence-electron chi connectivity index (χ0n) is 15.2. The summed E-state index contributed by atoms with van der Waals surface area (Å²) in [6, 6.07) is 12.3. The number of carbonyl (C=O) groups excluding carboxylic acids is 1. The SMILES string of the molecule is Cc1nc(-c2c[nH]c(C(=O)NCCCN(C)Cc3ccccc3)c2)cs1. The number of rotatable bonds is 8. The van der Waals surface area contributed by atoms with Crippen LogP contribution in [0.5, 0.6) is 0 Å². The summed E-state index contributed by atoms with van der Waals surface area (Å²) in [5.74, 6) is -0.0751. The van der Waals surface area contributed by atoms with Gasteiger partial charge in [-0.2, -0.15) is 0 Å². The Morgan fingerprint density at radius 2 is 2.12 bits per heavy atom. The van der Waals surface area contributed by atoms with E-state index in [9.17, 15) is 4.79 Å². The number of nitrogens with one attached hydrogen (secondary N) is 2. The number of aromatic nitrogens is 2. The van der Waals surface area contributed by atoms with Gasteiger partial charge in [0.15, 0.2) is 0 Å². The fraction of sp³-hybridized carbons (Fsp3) is 0.300. The molecular formula is C20H24N4OS. The van der Waals surface area contributed by atoms with Crippen LogP contribution in [0.25, 0.3) is 11.3 Å². The lowest BCUT2D eigenvalue weighted by molar-refractivity contribution is 0.0947. The Balaban J connectivity index is 1.41. The third-order valence-electron chi connectivity index (χ3n) is 4.14. The highest BCUT2D eigenvalue weighted by Crippen LogP contribution is 2.22. The van der Waals surface area contributed by atoms with Crippen LogP contribution in [0, 0.1) is 6.92 Å². The number of aryl methyl sites for hydroxylation is 1. The molecule has 3 rings (SSSR count). The Bertz CT molecular complexity index is 840. The van der Waals surface area contributed by atoms with Gasteiger partial charge in [-0.3, -0.25) is 4.79 Å². The highest BCUT2D eigenvalue weighted by atomic mass is 32.1. The second-order valence-corrected chi connectivity index (χ2v) is 7.45. The molecule has 2 N–H and O–H groups in total. The fourth-order valence-corrected chi connectivity index (χ4v) is 3.41. The molecular weight excluding hydrogens is 344 g/mol. The van der Waals surface area contributed by atoms with E-state index in [0.29, 0.717) is 12.2 Å². The molecule has 1 aromatic carbocycles. The van der Waals surface area contributed by atoms with E-state index in [4.69, 9.17) is 0 Å². The van der Waals surface area contributed by atoms with Crippen LogP contribution in [0.3, 0.4) is 0 Å². The van der Waals surface area contributed by atoms with Crippen molar-refractivity contribution in [2.24, 2.45) is 0 Å². The van der Waals surface area contributed by atoms with E-state index >= 15 is 0 Å². The summed E-state index contributed by atoms with van der Waals surface area (Å²) in [7, 11) is 2.10. The lowest BCUT2D eigenvalue weighted by Gasteiger charge is -2.16. The monoisotopic (exact) mass is 368 g/mol. The van der Waals surface area contributed by atoms with Crippen molar-refractivity contribution >= 4 is 17.2 Å². The van der Waals surface area contributed by atoms with Crippen molar-refractivity contribution in [3.8, 4) is 11.3 Å². The number of hydrogen-bond acceptors (Lipinski definition) is 4. The number of carbonyl (C=O) groups is 1. The van der Waals surface area contributed by atoms with E-state index in [-0.39, 0.29) is 5.91 Å². The summed E-state index contributed by atoms with van der Waals surface area (Å²) in [5.41, 5.74) is 3.73. The van der Waals surface area contributed by atoms with Gasteiger partial charge >= 0.3 is 0 Å². The van der Waals surface area contributed by atoms with Crippen LogP contribution in [0.4, 0.5) is 0 Å². The summed E-state index contributed by atoms with van der Waals surface area (Å²) < 4.78 is 0. The van der Waals surface area contributed by atoms with Crippen molar-refractivity contribution in [1.82, 2.24) is 20.2 Å². The van der Waals surface area contributed by atoms with E-state index in [0.717, 1.165) is 35.8 Å². The first-order valence-electron chi connectivity index (χ1n) is 8.73. The summed E-state index contributed by atoms with van der Waals surface area (Å²) in [4.78, 5) is 22.0. The second kappa shape index (κ2) is 8.78. The molecule has 2 aromatic heterocycles. The molecule has 6 heteroatoms. The average Bonchev–Trinajstić information content (AvgIpc) is 3.28. The minimum atomic E-state index is -0.0751. The number of aromatic amines is 1. The van der Waals surface area contributed by atoms with Gasteiger partial charge < -0.3 is 15.2 Å². The van der Waals surface area contributed by atoms with E-state index in [1.807, 2.05) is 30.6 Å². The van der Waals surface area contributed by atoms with E-state index in [1.165, 1.54) is 5.56 Å². The largest absolute Gasteiger partial charge is 0.357 e. The van der Waals surface area contributed by atoms with Crippen molar-refractivity contribution in [2.75, 3.05) is 20.1 Å². The van der Waals surface area contributed by atoms with Crippen LogP contribution in [-0.4, -0.2) is 40.9 Å². The molecule has 0 radical (unpaired) electrons. The third-order valence-corrected chi connectivity index (χ3v) is 4.91. The number of nitrogens with zero attached hydrogens (tertiary/aromatic N) is 2. The van der Waals surface area contributed by atoms with Crippen LogP contribution in [0.15, 0.2) is 48.0 Å². The predicted octanol–water partition coefficient (Wildman–Crippen LogP) is 3.70. The summed E-state index contributed by atoms with van der Waals surface area (Å²) in [5, 5.41) is 6.00. The maximum absolute atomic E-state index is 12.3. The fourth-order valence-electron chi connectivity index (χ4n) is 2.79. The van der Waals surface area contributed by atoms with Crippen LogP contribution in [0.1, 0.15) is 27.5 Å². The van der Waals surface area contributed by atoms with Crippen LogP contribution in [-0.2, 0) is 6.54 Å². The molecule has 5 nitrogen and oxygen atoms in total. The maximum atomic E-state index is 12.3. The number of hydrogen-bond donors (Lipinski definition) is 2. The Kier molecular flexibility index (Phi) is 6.20. The van der Waals surface area contributed by atoms with Crippen LogP contribution >= 0.6 is 11.3 Å². The van der Waals surface area contributed by atoms with Gasteiger partial charge in [-0.25, -0.2) is 4.98 Å². The van der Waals surface area contributed by atoms with Crippen molar-refractivity contribution in [3.05, 3.63) is 64.2 Å². The van der Waals surface area contributed by atoms with E-state index in [2.05, 4.69) is 51.5 Å². The number of benzene rings is 1. The van der Waals surface area contributed by atoms with Gasteiger partial charge in [-0.15, -0.1) is 11.3 Å². The van der Waals surface area contributed by atoms with Gasteiger partial charge in [-0.05, 0) is 38.6 Å². The van der Waals surface area contributed by atoms with Gasteiger partial charge in [0.25, 0.3) is 5.91 Å². The summed E-state index contributed by atoms with van der Waals surface area (Å²) in [6.07, 6.45) is 2.74. The lowest BCUT2D eigenvalue weighted by atomic mass is 10.2. The van der Waals surface area contributed by atoms with Gasteiger partial charge in [0.2, 0.25) is 0 Å². The average molecular weight is 369 g/mol. The summed E-state index contributed by atoms with van der Waals surface area (Å²) >= 11 is 1.61. The van der Waals surface area contributed by atoms with Gasteiger partial charge in [0, 0.05) is 30.2 Å². The van der Waals surface area contributed by atoms with Crippen molar-refractivity contribution in [1.29, 1.82) is 0 Å². The third kappa shape index (κ3) is 5.03. The molecule has 0 saturated heterocycles. The molecule has 0 saturated carbocycles. The molecule has 0 aliphatic rings. The molecule has 0 spiro atoms. The topological polar surface area (TPSA) is 61.0 Å². The molecule has 0 aliphatic heterocycles. The highest BCUT2D eigenvalue weighted by molar-refractivity contribution is 7.09. The molecule has 3 aromatic rings. The minimum Gasteiger partial charge on any atom is -0.357 e. The maximum Gasteiger partial charge on any atom is 0.267 e. The Morgan fingerprint density at radius 3 is 2.85 bits per heavy atom. The molecule has 0 unspecified atom stereocenters. The number of H-pyrrole nitrogens is 1. The second-order valence-electron chi connectivity index (χ2n) is 6.39. The van der Waals surface area contributed by atoms with Crippen LogP contribution in [0.2, 0.25) is 0 Å². The Morgan fingerprint density at radius 1 is 1.31 bits per heavy atom. The Hall–Kier alpha value is -2.44. The zero-order valence-corrected chi connectivity index (χ0v) is 16.0. The molecule has 136 valence electrons. The highest BCUT2D eigenvalue weighted by Gasteiger charge is 2.11. The van der Waals surface area contributed by atoms with Gasteiger partial charge in [-0.1, -0.05) is 30.3 Å². The van der Waals surface area contributed by atoms with E-state index < -0.39 is 0 Å². The first kappa shape index (κ1) is 18.4. The normalized spacial score (nSPS) is 11.0. The van der Waals surface area contributed by atoms with Gasteiger partial charge in [0.1, 0.15) is 5.69 Å². The molecule has 1 amide bonds. The molecule has 0 atom stereocenters. The Labute approximate surface area is 158 Å². The quantitative estimate of drug-likeness (QED) is 0.596. The smallest absolute Gasteiger partial charge is 0.267 e. The van der Waals surface area contributed by atoms with Crippen LogP contribution < -0.4 is 5.32 Å². The zero-order chi connectivity index (χ0) is 18.4. The predicted molar refractivity (Wildman–Crippen MR) is 106 cm³/mol. The molecule has 2 heterocycles. The molecule has 0 fully saturated rings. The summed E-state index contributed by atoms with van der Waals surface area (Å²) in [6.45, 7) is 4.48. The lowest BCUT2D eigenvalue weighted by Crippen LogP contribution is -2.28. The van der Waals surface area contributed by atoms with E-state index in [1.54, 1.807) is 11.3 Å². The first-order chi connectivity index (χ1) is 12.6. The van der Waals surface area contributed by atoms with Crippen molar-refractivity contribution < 1.29 is 4.79 Å².